The van der Waals surface area contributed by atoms with Crippen LogP contribution in [-0.2, 0) is 16.6 Å². The van der Waals surface area contributed by atoms with E-state index in [0.29, 0.717) is 10.2 Å². The Morgan fingerprint density at radius 3 is 2.83 bits per heavy atom. The van der Waals surface area contributed by atoms with Crippen molar-refractivity contribution in [2.24, 2.45) is 0 Å². The summed E-state index contributed by atoms with van der Waals surface area (Å²) in [7, 11) is -3.66. The summed E-state index contributed by atoms with van der Waals surface area (Å²) in [6.45, 7) is -0.0460. The first-order valence-electron chi connectivity index (χ1n) is 4.76. The average Bonchev–Trinajstić information content (AvgIpc) is 2.78. The molecule has 0 unspecified atom stereocenters. The number of nitrogens with one attached hydrogen (secondary N) is 2. The molecule has 2 rings (SSSR count). The Kier molecular flexibility index (Phi) is 3.59. The van der Waals surface area contributed by atoms with E-state index in [2.05, 4.69) is 41.3 Å². The van der Waals surface area contributed by atoms with Gasteiger partial charge in [0.25, 0.3) is 0 Å². The number of rotatable bonds is 4. The molecule has 0 amide bonds. The van der Waals surface area contributed by atoms with E-state index in [9.17, 15) is 8.42 Å². The molecule has 0 aliphatic rings. The third-order valence-corrected chi connectivity index (χ3v) is 4.43. The molecule has 8 nitrogen and oxygen atoms in total. The number of sulfonamides is 1. The molecule has 1 heterocycles. The third-order valence-electron chi connectivity index (χ3n) is 2.05. The number of benzene rings is 1. The van der Waals surface area contributed by atoms with Gasteiger partial charge in [0.2, 0.25) is 10.0 Å². The lowest BCUT2D eigenvalue weighted by atomic mass is 10.3. The van der Waals surface area contributed by atoms with Crippen molar-refractivity contribution in [1.82, 2.24) is 25.3 Å². The zero-order valence-electron chi connectivity index (χ0n) is 8.96. The van der Waals surface area contributed by atoms with Crippen molar-refractivity contribution in [3.8, 4) is 0 Å². The van der Waals surface area contributed by atoms with Gasteiger partial charge >= 0.3 is 0 Å². The zero-order valence-corrected chi connectivity index (χ0v) is 11.4. The SMILES string of the molecule is Nc1ccc(S(=O)(=O)NCc2nn[nH]n2)c(Br)c1. The Bertz CT molecular complexity index is 642. The summed E-state index contributed by atoms with van der Waals surface area (Å²) >= 11 is 3.15. The van der Waals surface area contributed by atoms with Gasteiger partial charge in [-0.05, 0) is 34.1 Å². The van der Waals surface area contributed by atoms with Crippen molar-refractivity contribution in [2.45, 2.75) is 11.4 Å². The first kappa shape index (κ1) is 12.9. The second-order valence-corrected chi connectivity index (χ2v) is 5.93. The van der Waals surface area contributed by atoms with Gasteiger partial charge in [-0.25, -0.2) is 13.1 Å². The summed E-state index contributed by atoms with van der Waals surface area (Å²) in [4.78, 5) is 0.0974. The highest BCUT2D eigenvalue weighted by molar-refractivity contribution is 9.10. The standard InChI is InChI=1S/C8H9BrN6O2S/c9-6-3-5(10)1-2-7(6)18(16,17)11-4-8-12-14-15-13-8/h1-3,11H,4,10H2,(H,12,13,14,15). The molecule has 0 fully saturated rings. The number of nitrogens with zero attached hydrogens (tertiary/aromatic N) is 3. The summed E-state index contributed by atoms with van der Waals surface area (Å²) in [5, 5.41) is 12.8. The fraction of sp³-hybridized carbons (Fsp3) is 0.125. The van der Waals surface area contributed by atoms with Gasteiger partial charge in [0.05, 0.1) is 11.4 Å². The first-order valence-corrected chi connectivity index (χ1v) is 7.03. The molecule has 0 atom stereocenters. The van der Waals surface area contributed by atoms with Gasteiger partial charge in [-0.1, -0.05) is 5.21 Å². The molecule has 0 spiro atoms. The van der Waals surface area contributed by atoms with Crippen molar-refractivity contribution >= 4 is 31.6 Å². The zero-order chi connectivity index (χ0) is 13.2. The van der Waals surface area contributed by atoms with Crippen molar-refractivity contribution in [3.63, 3.8) is 0 Å². The molecule has 10 heteroatoms. The summed E-state index contributed by atoms with van der Waals surface area (Å²) in [6.07, 6.45) is 0. The molecule has 0 aliphatic heterocycles. The van der Waals surface area contributed by atoms with E-state index in [4.69, 9.17) is 5.73 Å². The lowest BCUT2D eigenvalue weighted by molar-refractivity contribution is 0.579. The molecule has 18 heavy (non-hydrogen) atoms. The number of tetrazole rings is 1. The predicted molar refractivity (Wildman–Crippen MR) is 66.8 cm³/mol. The van der Waals surface area contributed by atoms with Crippen LogP contribution in [0.15, 0.2) is 27.6 Å². The van der Waals surface area contributed by atoms with Crippen LogP contribution in [0.5, 0.6) is 0 Å². The molecule has 2 aromatic rings. The highest BCUT2D eigenvalue weighted by atomic mass is 79.9. The van der Waals surface area contributed by atoms with E-state index in [0.717, 1.165) is 0 Å². The van der Waals surface area contributed by atoms with E-state index < -0.39 is 10.0 Å². The molecule has 1 aromatic carbocycles. The maximum atomic E-state index is 12.0. The Morgan fingerprint density at radius 2 is 2.22 bits per heavy atom. The maximum absolute atomic E-state index is 12.0. The lowest BCUT2D eigenvalue weighted by Crippen LogP contribution is -2.24. The fourth-order valence-corrected chi connectivity index (χ4v) is 3.30. The Morgan fingerprint density at radius 1 is 1.44 bits per heavy atom. The second-order valence-electron chi connectivity index (χ2n) is 3.34. The van der Waals surface area contributed by atoms with Crippen LogP contribution in [0, 0.1) is 0 Å². The van der Waals surface area contributed by atoms with Gasteiger partial charge in [-0.3, -0.25) is 0 Å². The number of H-pyrrole nitrogens is 1. The summed E-state index contributed by atoms with van der Waals surface area (Å²) in [5.74, 6) is 0.255. The number of nitrogen functional groups attached to an aromatic ring is 1. The smallest absolute Gasteiger partial charge is 0.242 e. The number of hydrogen-bond acceptors (Lipinski definition) is 6. The van der Waals surface area contributed by atoms with Crippen LogP contribution in [-0.4, -0.2) is 29.0 Å². The minimum atomic E-state index is -3.66. The highest BCUT2D eigenvalue weighted by Crippen LogP contribution is 2.24. The molecule has 0 saturated carbocycles. The lowest BCUT2D eigenvalue weighted by Gasteiger charge is -2.07. The van der Waals surface area contributed by atoms with Crippen LogP contribution >= 0.6 is 15.9 Å². The number of aromatic nitrogens is 4. The number of hydrogen-bond donors (Lipinski definition) is 3. The minimum absolute atomic E-state index is 0.0460. The van der Waals surface area contributed by atoms with Gasteiger partial charge in [0, 0.05) is 10.2 Å². The minimum Gasteiger partial charge on any atom is -0.399 e. The summed E-state index contributed by atoms with van der Waals surface area (Å²) in [6, 6.07) is 4.44. The van der Waals surface area contributed by atoms with Crippen LogP contribution in [0.25, 0.3) is 0 Å². The van der Waals surface area contributed by atoms with Crippen LogP contribution in [0.2, 0.25) is 0 Å². The Balaban J connectivity index is 2.20. The molecule has 0 saturated heterocycles. The second kappa shape index (κ2) is 5.00. The Labute approximate surface area is 111 Å². The molecule has 0 aliphatic carbocycles. The van der Waals surface area contributed by atoms with Crippen LogP contribution in [0.4, 0.5) is 5.69 Å². The van der Waals surface area contributed by atoms with Crippen LogP contribution < -0.4 is 10.5 Å². The molecule has 0 radical (unpaired) electrons. The van der Waals surface area contributed by atoms with Crippen molar-refractivity contribution in [2.75, 3.05) is 5.73 Å². The monoisotopic (exact) mass is 332 g/mol. The molecular weight excluding hydrogens is 324 g/mol. The van der Waals surface area contributed by atoms with Gasteiger partial charge in [-0.2, -0.15) is 5.21 Å². The largest absolute Gasteiger partial charge is 0.399 e. The van der Waals surface area contributed by atoms with Gasteiger partial charge in [-0.15, -0.1) is 10.2 Å². The fourth-order valence-electron chi connectivity index (χ4n) is 1.23. The number of aromatic amines is 1. The van der Waals surface area contributed by atoms with E-state index >= 15 is 0 Å². The molecule has 96 valence electrons. The molecule has 0 bridgehead atoms. The van der Waals surface area contributed by atoms with Crippen molar-refractivity contribution in [1.29, 1.82) is 0 Å². The van der Waals surface area contributed by atoms with E-state index in [1.807, 2.05) is 0 Å². The molecular formula is C8H9BrN6O2S. The average molecular weight is 333 g/mol. The summed E-state index contributed by atoms with van der Waals surface area (Å²) in [5.41, 5.74) is 6.02. The van der Waals surface area contributed by atoms with Crippen molar-refractivity contribution < 1.29 is 8.42 Å². The molecule has 4 N–H and O–H groups in total. The number of nitrogens with two attached hydrogens (primary N) is 1. The molecule has 1 aromatic heterocycles. The Hall–Kier alpha value is -1.52. The van der Waals surface area contributed by atoms with Gasteiger partial charge < -0.3 is 5.73 Å². The van der Waals surface area contributed by atoms with E-state index in [1.54, 1.807) is 0 Å². The topological polar surface area (TPSA) is 127 Å². The number of anilines is 1. The van der Waals surface area contributed by atoms with E-state index in [-0.39, 0.29) is 17.3 Å². The normalized spacial score (nSPS) is 11.6. The summed E-state index contributed by atoms with van der Waals surface area (Å²) < 4.78 is 26.7. The third kappa shape index (κ3) is 2.83. The number of halogens is 1. The quantitative estimate of drug-likeness (QED) is 0.677. The van der Waals surface area contributed by atoms with Crippen LogP contribution in [0.3, 0.4) is 0 Å². The van der Waals surface area contributed by atoms with Gasteiger partial charge in [0.15, 0.2) is 5.82 Å². The van der Waals surface area contributed by atoms with Gasteiger partial charge in [0.1, 0.15) is 0 Å². The first-order chi connectivity index (χ1) is 8.49. The predicted octanol–water partition coefficient (Wildman–Crippen LogP) is 0.0229. The highest BCUT2D eigenvalue weighted by Gasteiger charge is 2.18. The van der Waals surface area contributed by atoms with E-state index in [1.165, 1.54) is 18.2 Å². The van der Waals surface area contributed by atoms with Crippen LogP contribution in [0.1, 0.15) is 5.82 Å². The van der Waals surface area contributed by atoms with Crippen molar-refractivity contribution in [3.05, 3.63) is 28.5 Å². The maximum Gasteiger partial charge on any atom is 0.242 e.